The molecule has 2 aromatic carbocycles. The standard InChI is InChI=1S/C15H12Cl2FNO/c16-11-3-1-2-9(15(11)17)14-7-12(19)10-6-8(18)4-5-13(10)20-14/h1-6,12,14H,7,19H2/t12-,14?/m0/s1. The van der Waals surface area contributed by atoms with Gasteiger partial charge in [0.15, 0.2) is 0 Å². The molecule has 0 spiro atoms. The Balaban J connectivity index is 1.99. The fourth-order valence-corrected chi connectivity index (χ4v) is 2.86. The van der Waals surface area contributed by atoms with Gasteiger partial charge in [-0.3, -0.25) is 0 Å². The minimum atomic E-state index is -0.318. The molecule has 0 bridgehead atoms. The normalized spacial score (nSPS) is 21.2. The highest BCUT2D eigenvalue weighted by Gasteiger charge is 2.29. The van der Waals surface area contributed by atoms with Crippen LogP contribution in [-0.2, 0) is 0 Å². The van der Waals surface area contributed by atoms with E-state index in [9.17, 15) is 4.39 Å². The van der Waals surface area contributed by atoms with Crippen LogP contribution in [0.25, 0.3) is 0 Å². The van der Waals surface area contributed by atoms with Crippen molar-refractivity contribution >= 4 is 23.2 Å². The van der Waals surface area contributed by atoms with Crippen LogP contribution in [0.3, 0.4) is 0 Å². The summed E-state index contributed by atoms with van der Waals surface area (Å²) in [5.74, 6) is 0.272. The van der Waals surface area contributed by atoms with E-state index in [0.29, 0.717) is 27.8 Å². The van der Waals surface area contributed by atoms with E-state index in [-0.39, 0.29) is 18.0 Å². The Hall–Kier alpha value is -1.29. The van der Waals surface area contributed by atoms with Crippen LogP contribution in [0.4, 0.5) is 4.39 Å². The third kappa shape index (κ3) is 2.37. The zero-order valence-electron chi connectivity index (χ0n) is 10.4. The van der Waals surface area contributed by atoms with Crippen molar-refractivity contribution in [2.45, 2.75) is 18.6 Å². The zero-order chi connectivity index (χ0) is 14.3. The van der Waals surface area contributed by atoms with Crippen LogP contribution in [0.2, 0.25) is 10.0 Å². The molecule has 104 valence electrons. The van der Waals surface area contributed by atoms with E-state index in [4.69, 9.17) is 33.7 Å². The Bertz CT molecular complexity index is 662. The van der Waals surface area contributed by atoms with Gasteiger partial charge in [-0.05, 0) is 24.3 Å². The zero-order valence-corrected chi connectivity index (χ0v) is 12.0. The van der Waals surface area contributed by atoms with E-state index in [0.717, 1.165) is 5.56 Å². The maximum atomic E-state index is 13.3. The van der Waals surface area contributed by atoms with Crippen LogP contribution >= 0.6 is 23.2 Å². The van der Waals surface area contributed by atoms with Gasteiger partial charge in [-0.2, -0.15) is 0 Å². The molecule has 0 fully saturated rings. The molecule has 2 aromatic rings. The Morgan fingerprint density at radius 2 is 1.95 bits per heavy atom. The highest BCUT2D eigenvalue weighted by molar-refractivity contribution is 6.42. The van der Waals surface area contributed by atoms with Gasteiger partial charge in [0.25, 0.3) is 0 Å². The summed E-state index contributed by atoms with van der Waals surface area (Å²) < 4.78 is 19.1. The second-order valence-corrected chi connectivity index (χ2v) is 5.56. The fourth-order valence-electron chi connectivity index (χ4n) is 2.43. The maximum absolute atomic E-state index is 13.3. The van der Waals surface area contributed by atoms with Crippen molar-refractivity contribution in [3.63, 3.8) is 0 Å². The average molecular weight is 312 g/mol. The molecule has 20 heavy (non-hydrogen) atoms. The third-order valence-electron chi connectivity index (χ3n) is 3.44. The van der Waals surface area contributed by atoms with Crippen molar-refractivity contribution in [3.8, 4) is 5.75 Å². The number of rotatable bonds is 1. The number of nitrogens with two attached hydrogens (primary N) is 1. The molecule has 2 N–H and O–H groups in total. The molecule has 0 aliphatic carbocycles. The van der Waals surface area contributed by atoms with Crippen molar-refractivity contribution in [3.05, 3.63) is 63.4 Å². The first-order valence-corrected chi connectivity index (χ1v) is 6.97. The molecule has 1 unspecified atom stereocenters. The molecule has 2 atom stereocenters. The van der Waals surface area contributed by atoms with Crippen LogP contribution in [-0.4, -0.2) is 0 Å². The molecule has 1 aliphatic rings. The summed E-state index contributed by atoms with van der Waals surface area (Å²) in [6.45, 7) is 0. The predicted molar refractivity (Wildman–Crippen MR) is 77.8 cm³/mol. The van der Waals surface area contributed by atoms with Crippen molar-refractivity contribution in [2.75, 3.05) is 0 Å². The lowest BCUT2D eigenvalue weighted by Crippen LogP contribution is -2.24. The van der Waals surface area contributed by atoms with Crippen LogP contribution in [0.15, 0.2) is 36.4 Å². The summed E-state index contributed by atoms with van der Waals surface area (Å²) in [7, 11) is 0. The lowest BCUT2D eigenvalue weighted by Gasteiger charge is -2.31. The molecule has 1 heterocycles. The number of hydrogen-bond donors (Lipinski definition) is 1. The average Bonchev–Trinajstić information content (AvgIpc) is 2.42. The van der Waals surface area contributed by atoms with Gasteiger partial charge >= 0.3 is 0 Å². The summed E-state index contributed by atoms with van der Waals surface area (Å²) in [5.41, 5.74) is 7.58. The number of hydrogen-bond acceptors (Lipinski definition) is 2. The van der Waals surface area contributed by atoms with E-state index in [1.165, 1.54) is 12.1 Å². The van der Waals surface area contributed by atoms with Gasteiger partial charge in [0.1, 0.15) is 17.7 Å². The number of fused-ring (bicyclic) bond motifs is 1. The SMILES string of the molecule is N[C@H]1CC(c2cccc(Cl)c2Cl)Oc2ccc(F)cc21. The van der Waals surface area contributed by atoms with E-state index in [1.807, 2.05) is 12.1 Å². The molecule has 1 aliphatic heterocycles. The van der Waals surface area contributed by atoms with Crippen molar-refractivity contribution in [1.29, 1.82) is 0 Å². The van der Waals surface area contributed by atoms with Crippen LogP contribution < -0.4 is 10.5 Å². The Kier molecular flexibility index (Phi) is 3.59. The quantitative estimate of drug-likeness (QED) is 0.831. The Morgan fingerprint density at radius 1 is 1.15 bits per heavy atom. The van der Waals surface area contributed by atoms with E-state index in [1.54, 1.807) is 12.1 Å². The van der Waals surface area contributed by atoms with Gasteiger partial charge < -0.3 is 10.5 Å². The van der Waals surface area contributed by atoms with Gasteiger partial charge in [-0.1, -0.05) is 35.3 Å². The van der Waals surface area contributed by atoms with Gasteiger partial charge in [0, 0.05) is 23.6 Å². The molecule has 0 amide bonds. The predicted octanol–water partition coefficient (Wildman–Crippen LogP) is 4.66. The Morgan fingerprint density at radius 3 is 2.75 bits per heavy atom. The van der Waals surface area contributed by atoms with Gasteiger partial charge in [0.05, 0.1) is 10.0 Å². The largest absolute Gasteiger partial charge is 0.485 e. The smallest absolute Gasteiger partial charge is 0.127 e. The lowest BCUT2D eigenvalue weighted by molar-refractivity contribution is 0.161. The number of benzene rings is 2. The molecule has 0 saturated heterocycles. The molecule has 5 heteroatoms. The molecule has 3 rings (SSSR count). The van der Waals surface area contributed by atoms with Gasteiger partial charge in [-0.15, -0.1) is 0 Å². The van der Waals surface area contributed by atoms with E-state index >= 15 is 0 Å². The third-order valence-corrected chi connectivity index (χ3v) is 4.27. The molecular formula is C15H12Cl2FNO. The molecule has 0 aromatic heterocycles. The highest BCUT2D eigenvalue weighted by atomic mass is 35.5. The second-order valence-electron chi connectivity index (χ2n) is 4.77. The molecule has 2 nitrogen and oxygen atoms in total. The number of ether oxygens (including phenoxy) is 1. The van der Waals surface area contributed by atoms with Crippen molar-refractivity contribution in [1.82, 2.24) is 0 Å². The molecule has 0 saturated carbocycles. The summed E-state index contributed by atoms with van der Waals surface area (Å²) in [5, 5.41) is 0.947. The minimum Gasteiger partial charge on any atom is -0.485 e. The van der Waals surface area contributed by atoms with Crippen LogP contribution in [0.1, 0.15) is 29.7 Å². The van der Waals surface area contributed by atoms with Crippen LogP contribution in [0, 0.1) is 5.82 Å². The van der Waals surface area contributed by atoms with Crippen molar-refractivity contribution in [2.24, 2.45) is 5.73 Å². The summed E-state index contributed by atoms with van der Waals surface area (Å²) >= 11 is 12.2. The monoisotopic (exact) mass is 311 g/mol. The summed E-state index contributed by atoms with van der Waals surface area (Å²) in [6.07, 6.45) is 0.241. The topological polar surface area (TPSA) is 35.2 Å². The molecule has 0 radical (unpaired) electrons. The lowest BCUT2D eigenvalue weighted by atomic mass is 9.93. The van der Waals surface area contributed by atoms with E-state index < -0.39 is 0 Å². The first-order valence-electron chi connectivity index (χ1n) is 6.22. The minimum absolute atomic E-state index is 0.283. The highest BCUT2D eigenvalue weighted by Crippen LogP contribution is 2.42. The van der Waals surface area contributed by atoms with Crippen LogP contribution in [0.5, 0.6) is 5.75 Å². The van der Waals surface area contributed by atoms with E-state index in [2.05, 4.69) is 0 Å². The first-order chi connectivity index (χ1) is 9.56. The van der Waals surface area contributed by atoms with Gasteiger partial charge in [-0.25, -0.2) is 4.39 Å². The number of halogens is 3. The Labute approximate surface area is 126 Å². The fraction of sp³-hybridized carbons (Fsp3) is 0.200. The summed E-state index contributed by atoms with van der Waals surface area (Å²) in [4.78, 5) is 0. The molecular weight excluding hydrogens is 300 g/mol. The van der Waals surface area contributed by atoms with Gasteiger partial charge in [0.2, 0.25) is 0 Å². The van der Waals surface area contributed by atoms with Crippen molar-refractivity contribution < 1.29 is 9.13 Å². The summed E-state index contributed by atoms with van der Waals surface area (Å²) in [6, 6.07) is 9.46. The second kappa shape index (κ2) is 5.24. The first kappa shape index (κ1) is 13.7. The maximum Gasteiger partial charge on any atom is 0.127 e.